The lowest BCUT2D eigenvalue weighted by Gasteiger charge is -2.31. The first-order chi connectivity index (χ1) is 9.58. The van der Waals surface area contributed by atoms with Crippen molar-refractivity contribution in [2.24, 2.45) is 0 Å². The molecular weight excluding hydrogens is 260 g/mol. The van der Waals surface area contributed by atoms with Gasteiger partial charge in [0.05, 0.1) is 4.92 Å². The van der Waals surface area contributed by atoms with Crippen molar-refractivity contribution in [2.75, 3.05) is 25.5 Å². The number of nitro groups is 1. The fourth-order valence-corrected chi connectivity index (χ4v) is 2.21. The van der Waals surface area contributed by atoms with Crippen molar-refractivity contribution in [2.45, 2.75) is 18.9 Å². The number of carbonyl (C=O) groups excluding carboxylic acids is 1. The Morgan fingerprint density at radius 3 is 2.70 bits per heavy atom. The van der Waals surface area contributed by atoms with Crippen molar-refractivity contribution in [1.82, 2.24) is 10.2 Å². The first-order valence-electron chi connectivity index (χ1n) is 6.57. The van der Waals surface area contributed by atoms with E-state index in [1.165, 1.54) is 24.3 Å². The number of piperidine rings is 1. The van der Waals surface area contributed by atoms with Crippen LogP contribution in [-0.4, -0.2) is 42.0 Å². The van der Waals surface area contributed by atoms with Gasteiger partial charge in [0.15, 0.2) is 0 Å². The van der Waals surface area contributed by atoms with Gasteiger partial charge in [-0.25, -0.2) is 4.79 Å². The zero-order chi connectivity index (χ0) is 14.5. The minimum atomic E-state index is -0.467. The summed E-state index contributed by atoms with van der Waals surface area (Å²) in [5, 5.41) is 16.6. The Balaban J connectivity index is 1.94. The highest BCUT2D eigenvalue weighted by Crippen LogP contribution is 2.16. The number of amides is 2. The maximum absolute atomic E-state index is 12.1. The van der Waals surface area contributed by atoms with Crippen LogP contribution in [0.25, 0.3) is 0 Å². The Morgan fingerprint density at radius 1 is 1.45 bits per heavy atom. The second kappa shape index (κ2) is 6.33. The molecule has 0 spiro atoms. The smallest absolute Gasteiger partial charge is 0.321 e. The van der Waals surface area contributed by atoms with Gasteiger partial charge in [0.2, 0.25) is 0 Å². The largest absolute Gasteiger partial charge is 0.323 e. The number of urea groups is 1. The second-order valence-corrected chi connectivity index (χ2v) is 4.85. The molecular formula is C13H18N4O3. The molecule has 1 heterocycles. The molecule has 1 aliphatic heterocycles. The fourth-order valence-electron chi connectivity index (χ4n) is 2.21. The lowest BCUT2D eigenvalue weighted by Crippen LogP contribution is -2.48. The van der Waals surface area contributed by atoms with Crippen LogP contribution in [0.3, 0.4) is 0 Å². The van der Waals surface area contributed by atoms with Crippen LogP contribution >= 0.6 is 0 Å². The van der Waals surface area contributed by atoms with Crippen LogP contribution in [0.2, 0.25) is 0 Å². The molecule has 0 saturated carbocycles. The van der Waals surface area contributed by atoms with Gasteiger partial charge in [-0.2, -0.15) is 0 Å². The molecule has 0 aliphatic carbocycles. The number of nitro benzene ring substituents is 1. The number of hydrogen-bond donors (Lipinski definition) is 2. The van der Waals surface area contributed by atoms with Crippen LogP contribution in [-0.2, 0) is 0 Å². The number of nitrogens with zero attached hydrogens (tertiary/aromatic N) is 2. The van der Waals surface area contributed by atoms with Gasteiger partial charge in [-0.05, 0) is 31.5 Å². The van der Waals surface area contributed by atoms with E-state index in [4.69, 9.17) is 0 Å². The third-order valence-corrected chi connectivity index (χ3v) is 3.47. The highest BCUT2D eigenvalue weighted by Gasteiger charge is 2.21. The van der Waals surface area contributed by atoms with E-state index < -0.39 is 4.92 Å². The predicted octanol–water partition coefficient (Wildman–Crippen LogP) is 1.81. The van der Waals surface area contributed by atoms with E-state index in [1.54, 1.807) is 11.9 Å². The zero-order valence-corrected chi connectivity index (χ0v) is 11.3. The van der Waals surface area contributed by atoms with Crippen molar-refractivity contribution >= 4 is 17.4 Å². The van der Waals surface area contributed by atoms with Gasteiger partial charge in [0, 0.05) is 37.5 Å². The first-order valence-corrected chi connectivity index (χ1v) is 6.57. The van der Waals surface area contributed by atoms with E-state index >= 15 is 0 Å². The Bertz CT molecular complexity index is 483. The molecule has 7 heteroatoms. The summed E-state index contributed by atoms with van der Waals surface area (Å²) >= 11 is 0. The number of nitrogens with one attached hydrogen (secondary N) is 2. The van der Waals surface area contributed by atoms with E-state index in [-0.39, 0.29) is 17.8 Å². The number of benzene rings is 1. The van der Waals surface area contributed by atoms with Gasteiger partial charge >= 0.3 is 6.03 Å². The monoisotopic (exact) mass is 278 g/mol. The molecule has 20 heavy (non-hydrogen) atoms. The van der Waals surface area contributed by atoms with Gasteiger partial charge in [-0.3, -0.25) is 10.1 Å². The van der Waals surface area contributed by atoms with Crippen LogP contribution in [0, 0.1) is 10.1 Å². The van der Waals surface area contributed by atoms with Crippen LogP contribution in [0.5, 0.6) is 0 Å². The summed E-state index contributed by atoms with van der Waals surface area (Å²) in [6, 6.07) is 5.79. The van der Waals surface area contributed by atoms with Gasteiger partial charge in [0.25, 0.3) is 5.69 Å². The Labute approximate surface area is 117 Å². The van der Waals surface area contributed by atoms with E-state index in [9.17, 15) is 14.9 Å². The van der Waals surface area contributed by atoms with Gasteiger partial charge in [-0.1, -0.05) is 0 Å². The molecule has 0 bridgehead atoms. The summed E-state index contributed by atoms with van der Waals surface area (Å²) < 4.78 is 0. The second-order valence-electron chi connectivity index (χ2n) is 4.85. The third kappa shape index (κ3) is 3.45. The average molecular weight is 278 g/mol. The maximum Gasteiger partial charge on any atom is 0.321 e. The molecule has 1 atom stereocenters. The van der Waals surface area contributed by atoms with Crippen molar-refractivity contribution in [3.8, 4) is 0 Å². The molecule has 2 rings (SSSR count). The van der Waals surface area contributed by atoms with Crippen LogP contribution in [0.1, 0.15) is 12.8 Å². The van der Waals surface area contributed by atoms with Crippen LogP contribution in [0.15, 0.2) is 24.3 Å². The SMILES string of the molecule is CN(C(=O)Nc1ccc([N+](=O)[O-])cc1)C1CCCNC1. The quantitative estimate of drug-likeness (QED) is 0.652. The molecule has 1 aromatic carbocycles. The molecule has 1 fully saturated rings. The predicted molar refractivity (Wildman–Crippen MR) is 75.8 cm³/mol. The summed E-state index contributed by atoms with van der Waals surface area (Å²) in [6.45, 7) is 1.79. The molecule has 1 unspecified atom stereocenters. The molecule has 7 nitrogen and oxygen atoms in total. The zero-order valence-electron chi connectivity index (χ0n) is 11.3. The lowest BCUT2D eigenvalue weighted by molar-refractivity contribution is -0.384. The number of hydrogen-bond acceptors (Lipinski definition) is 4. The molecule has 0 aromatic heterocycles. The van der Waals surface area contributed by atoms with Crippen molar-refractivity contribution < 1.29 is 9.72 Å². The average Bonchev–Trinajstić information content (AvgIpc) is 2.48. The number of non-ortho nitro benzene ring substituents is 1. The summed E-state index contributed by atoms with van der Waals surface area (Å²) in [6.07, 6.45) is 2.04. The Morgan fingerprint density at radius 2 is 2.15 bits per heavy atom. The maximum atomic E-state index is 12.1. The number of likely N-dealkylation sites (N-methyl/N-ethyl adjacent to an activating group) is 1. The number of anilines is 1. The van der Waals surface area contributed by atoms with E-state index in [2.05, 4.69) is 10.6 Å². The standard InChI is InChI=1S/C13H18N4O3/c1-16(12-3-2-8-14-9-12)13(18)15-10-4-6-11(7-5-10)17(19)20/h4-7,12,14H,2-3,8-9H2,1H3,(H,15,18). The highest BCUT2D eigenvalue weighted by molar-refractivity contribution is 5.89. The normalized spacial score (nSPS) is 18.4. The van der Waals surface area contributed by atoms with Crippen LogP contribution < -0.4 is 10.6 Å². The topological polar surface area (TPSA) is 87.5 Å². The minimum Gasteiger partial charge on any atom is -0.323 e. The lowest BCUT2D eigenvalue weighted by atomic mass is 10.1. The van der Waals surface area contributed by atoms with E-state index in [0.717, 1.165) is 25.9 Å². The van der Waals surface area contributed by atoms with Crippen molar-refractivity contribution in [3.05, 3.63) is 34.4 Å². The minimum absolute atomic E-state index is 0.00725. The summed E-state index contributed by atoms with van der Waals surface area (Å²) in [7, 11) is 1.76. The Kier molecular flexibility index (Phi) is 4.52. The van der Waals surface area contributed by atoms with E-state index in [1.807, 2.05) is 0 Å². The van der Waals surface area contributed by atoms with Gasteiger partial charge < -0.3 is 15.5 Å². The summed E-state index contributed by atoms with van der Waals surface area (Å²) in [5.41, 5.74) is 0.559. The number of carbonyl (C=O) groups is 1. The van der Waals surface area contributed by atoms with Gasteiger partial charge in [0.1, 0.15) is 0 Å². The summed E-state index contributed by atoms with van der Waals surface area (Å²) in [4.78, 5) is 23.8. The Hall–Kier alpha value is -2.15. The third-order valence-electron chi connectivity index (χ3n) is 3.47. The molecule has 2 N–H and O–H groups in total. The number of rotatable bonds is 3. The molecule has 1 aliphatic rings. The molecule has 108 valence electrons. The molecule has 1 aromatic rings. The molecule has 2 amide bonds. The highest BCUT2D eigenvalue weighted by atomic mass is 16.6. The fraction of sp³-hybridized carbons (Fsp3) is 0.462. The van der Waals surface area contributed by atoms with Crippen LogP contribution in [0.4, 0.5) is 16.2 Å². The molecule has 0 radical (unpaired) electrons. The summed E-state index contributed by atoms with van der Waals surface area (Å²) in [5.74, 6) is 0. The van der Waals surface area contributed by atoms with Crippen molar-refractivity contribution in [1.29, 1.82) is 0 Å². The molecule has 1 saturated heterocycles. The van der Waals surface area contributed by atoms with Gasteiger partial charge in [-0.15, -0.1) is 0 Å². The van der Waals surface area contributed by atoms with E-state index in [0.29, 0.717) is 5.69 Å². The van der Waals surface area contributed by atoms with Crippen molar-refractivity contribution in [3.63, 3.8) is 0 Å². The first kappa shape index (κ1) is 14.3.